The van der Waals surface area contributed by atoms with Gasteiger partial charge < -0.3 is 14.8 Å². The minimum atomic E-state index is -1.42. The zero-order chi connectivity index (χ0) is 14.7. The lowest BCUT2D eigenvalue weighted by Crippen LogP contribution is -2.29. The quantitative estimate of drug-likeness (QED) is 0.834. The summed E-state index contributed by atoms with van der Waals surface area (Å²) in [4.78, 5) is 0. The molecule has 2 aromatic carbocycles. The molecule has 0 amide bonds. The first kappa shape index (κ1) is 14.6. The van der Waals surface area contributed by atoms with E-state index in [1.807, 2.05) is 18.2 Å². The van der Waals surface area contributed by atoms with Gasteiger partial charge in [-0.1, -0.05) is 30.3 Å². The molecule has 0 aliphatic rings. The Morgan fingerprint density at radius 2 is 1.65 bits per heavy atom. The number of ether oxygens (including phenoxy) is 1. The van der Waals surface area contributed by atoms with Crippen LogP contribution < -0.4 is 10.2 Å². The highest BCUT2D eigenvalue weighted by atomic mass is 16.5. The lowest BCUT2D eigenvalue weighted by atomic mass is 9.80. The Bertz CT molecular complexity index is 591. The molecule has 0 saturated carbocycles. The van der Waals surface area contributed by atoms with Crippen LogP contribution in [0.25, 0.3) is 0 Å². The molecule has 0 saturated heterocycles. The fourth-order valence-electron chi connectivity index (χ4n) is 2.10. The largest absolute Gasteiger partial charge is 0.489 e. The van der Waals surface area contributed by atoms with E-state index < -0.39 is 7.12 Å². The van der Waals surface area contributed by atoms with Gasteiger partial charge in [0.2, 0.25) is 0 Å². The molecule has 0 aliphatic carbocycles. The lowest BCUT2D eigenvalue weighted by molar-refractivity contribution is 0.303. The summed E-state index contributed by atoms with van der Waals surface area (Å²) in [6.45, 7) is 6.64. The second-order valence-corrected chi connectivity index (χ2v) is 5.11. The summed E-state index contributed by atoms with van der Waals surface area (Å²) < 4.78 is 5.86. The van der Waals surface area contributed by atoms with Gasteiger partial charge in [-0.3, -0.25) is 0 Å². The topological polar surface area (TPSA) is 49.7 Å². The maximum Gasteiger partial charge on any atom is 0.488 e. The van der Waals surface area contributed by atoms with E-state index in [2.05, 4.69) is 26.8 Å². The van der Waals surface area contributed by atoms with Crippen molar-refractivity contribution in [1.29, 1.82) is 0 Å². The number of benzene rings is 2. The molecule has 4 heteroatoms. The minimum Gasteiger partial charge on any atom is -0.489 e. The Hall–Kier alpha value is -1.78. The molecule has 0 spiro atoms. The van der Waals surface area contributed by atoms with E-state index in [0.29, 0.717) is 12.1 Å². The standard InChI is InChI=1S/C16H19BO3/c1-11-8-12(2)13(3)16(9-11)20-10-14-4-6-15(7-5-14)17(18)19/h4-9,18-19H,10H2,1-3H3. The molecule has 2 N–H and O–H groups in total. The molecule has 104 valence electrons. The van der Waals surface area contributed by atoms with Crippen LogP contribution in [0, 0.1) is 20.8 Å². The number of rotatable bonds is 4. The zero-order valence-corrected chi connectivity index (χ0v) is 12.1. The van der Waals surface area contributed by atoms with Crippen molar-refractivity contribution in [1.82, 2.24) is 0 Å². The summed E-state index contributed by atoms with van der Waals surface area (Å²) in [6, 6.07) is 11.2. The van der Waals surface area contributed by atoms with E-state index in [1.54, 1.807) is 12.1 Å². The van der Waals surface area contributed by atoms with Crippen molar-refractivity contribution in [2.24, 2.45) is 0 Å². The maximum absolute atomic E-state index is 9.04. The molecule has 0 fully saturated rings. The molecule has 0 atom stereocenters. The summed E-state index contributed by atoms with van der Waals surface area (Å²) in [5.74, 6) is 0.897. The molecule has 2 aromatic rings. The van der Waals surface area contributed by atoms with Crippen LogP contribution in [0.5, 0.6) is 5.75 Å². The van der Waals surface area contributed by atoms with Crippen molar-refractivity contribution in [3.8, 4) is 5.75 Å². The van der Waals surface area contributed by atoms with Gasteiger partial charge >= 0.3 is 7.12 Å². The molecular weight excluding hydrogens is 251 g/mol. The van der Waals surface area contributed by atoms with E-state index in [-0.39, 0.29) is 0 Å². The highest BCUT2D eigenvalue weighted by Gasteiger charge is 2.10. The second-order valence-electron chi connectivity index (χ2n) is 5.11. The van der Waals surface area contributed by atoms with Gasteiger partial charge in [-0.2, -0.15) is 0 Å². The van der Waals surface area contributed by atoms with E-state index in [0.717, 1.165) is 16.9 Å². The van der Waals surface area contributed by atoms with E-state index in [9.17, 15) is 0 Å². The molecule has 0 aromatic heterocycles. The maximum atomic E-state index is 9.04. The molecule has 0 radical (unpaired) electrons. The van der Waals surface area contributed by atoms with Crippen molar-refractivity contribution < 1.29 is 14.8 Å². The third-order valence-electron chi connectivity index (χ3n) is 3.44. The molecule has 0 heterocycles. The Morgan fingerprint density at radius 3 is 2.25 bits per heavy atom. The smallest absolute Gasteiger partial charge is 0.488 e. The van der Waals surface area contributed by atoms with Gasteiger partial charge in [-0.05, 0) is 54.6 Å². The summed E-state index contributed by atoms with van der Waals surface area (Å²) >= 11 is 0. The predicted molar refractivity (Wildman–Crippen MR) is 81.3 cm³/mol. The Balaban J connectivity index is 2.09. The highest BCUT2D eigenvalue weighted by Crippen LogP contribution is 2.24. The number of hydrogen-bond donors (Lipinski definition) is 2. The van der Waals surface area contributed by atoms with E-state index >= 15 is 0 Å². The van der Waals surface area contributed by atoms with Crippen molar-refractivity contribution in [3.05, 3.63) is 58.7 Å². The first-order valence-electron chi connectivity index (χ1n) is 6.63. The van der Waals surface area contributed by atoms with Gasteiger partial charge in [0.25, 0.3) is 0 Å². The summed E-state index contributed by atoms with van der Waals surface area (Å²) in [6.07, 6.45) is 0. The van der Waals surface area contributed by atoms with Gasteiger partial charge in [0.05, 0.1) is 0 Å². The molecule has 0 bridgehead atoms. The van der Waals surface area contributed by atoms with E-state index in [1.165, 1.54) is 11.1 Å². The van der Waals surface area contributed by atoms with Gasteiger partial charge in [-0.25, -0.2) is 0 Å². The molecule has 0 unspecified atom stereocenters. The monoisotopic (exact) mass is 270 g/mol. The van der Waals surface area contributed by atoms with Crippen LogP contribution in [-0.2, 0) is 6.61 Å². The van der Waals surface area contributed by atoms with Crippen molar-refractivity contribution in [3.63, 3.8) is 0 Å². The minimum absolute atomic E-state index is 0.464. The third kappa shape index (κ3) is 3.41. The van der Waals surface area contributed by atoms with Gasteiger partial charge in [0, 0.05) is 0 Å². The van der Waals surface area contributed by atoms with Crippen molar-refractivity contribution in [2.45, 2.75) is 27.4 Å². The van der Waals surface area contributed by atoms with Crippen molar-refractivity contribution >= 4 is 12.6 Å². The summed E-state index contributed by atoms with van der Waals surface area (Å²) in [7, 11) is -1.42. The van der Waals surface area contributed by atoms with Crippen LogP contribution >= 0.6 is 0 Å². The van der Waals surface area contributed by atoms with Crippen LogP contribution in [0.2, 0.25) is 0 Å². The molecule has 20 heavy (non-hydrogen) atoms. The Kier molecular flexibility index (Phi) is 4.48. The Morgan fingerprint density at radius 1 is 1.00 bits per heavy atom. The lowest BCUT2D eigenvalue weighted by Gasteiger charge is -2.12. The van der Waals surface area contributed by atoms with Crippen molar-refractivity contribution in [2.75, 3.05) is 0 Å². The van der Waals surface area contributed by atoms with Crippen LogP contribution in [0.3, 0.4) is 0 Å². The van der Waals surface area contributed by atoms with Crippen LogP contribution in [0.15, 0.2) is 36.4 Å². The van der Waals surface area contributed by atoms with E-state index in [4.69, 9.17) is 14.8 Å². The van der Waals surface area contributed by atoms with Gasteiger partial charge in [0.15, 0.2) is 0 Å². The molecule has 2 rings (SSSR count). The molecule has 0 aliphatic heterocycles. The third-order valence-corrected chi connectivity index (χ3v) is 3.44. The average Bonchev–Trinajstić information content (AvgIpc) is 2.41. The van der Waals surface area contributed by atoms with Crippen LogP contribution in [0.1, 0.15) is 22.3 Å². The molecule has 3 nitrogen and oxygen atoms in total. The molecular formula is C16H19BO3. The number of hydrogen-bond acceptors (Lipinski definition) is 3. The van der Waals surface area contributed by atoms with Crippen LogP contribution in [0.4, 0.5) is 0 Å². The Labute approximate surface area is 120 Å². The zero-order valence-electron chi connectivity index (χ0n) is 12.1. The summed E-state index contributed by atoms with van der Waals surface area (Å²) in [5.41, 5.74) is 5.03. The SMILES string of the molecule is Cc1cc(C)c(C)c(OCc2ccc(B(O)O)cc2)c1. The number of aryl methyl sites for hydroxylation is 2. The summed E-state index contributed by atoms with van der Waals surface area (Å²) in [5, 5.41) is 18.1. The van der Waals surface area contributed by atoms with Gasteiger partial charge in [-0.15, -0.1) is 0 Å². The fraction of sp³-hybridized carbons (Fsp3) is 0.250. The fourth-order valence-corrected chi connectivity index (χ4v) is 2.10. The predicted octanol–water partition coefficient (Wildman–Crippen LogP) is 1.87. The first-order valence-corrected chi connectivity index (χ1v) is 6.63. The highest BCUT2D eigenvalue weighted by molar-refractivity contribution is 6.58. The van der Waals surface area contributed by atoms with Gasteiger partial charge in [0.1, 0.15) is 12.4 Å². The average molecular weight is 270 g/mol. The normalized spacial score (nSPS) is 10.4. The van der Waals surface area contributed by atoms with Crippen LogP contribution in [-0.4, -0.2) is 17.2 Å². The second kappa shape index (κ2) is 6.12. The first-order chi connectivity index (χ1) is 9.47.